The highest BCUT2D eigenvalue weighted by Gasteiger charge is 2.67. The Morgan fingerprint density at radius 2 is 1.95 bits per heavy atom. The van der Waals surface area contributed by atoms with E-state index < -0.39 is 0 Å². The van der Waals surface area contributed by atoms with Gasteiger partial charge in [0.2, 0.25) is 5.91 Å². The van der Waals surface area contributed by atoms with Gasteiger partial charge in [-0.2, -0.15) is 0 Å². The lowest BCUT2D eigenvalue weighted by Gasteiger charge is -2.10. The number of nitrogens with two attached hydrogens (primary N) is 1. The standard InChI is InChI=1S/C16H20N2O/c1-8-6-11(4-5-12(8)17)18-16(19)15-13-9-2-3-10(7-9)14(13)15/h4-6,9-10,13-15H,2-3,7,17H2,1H3,(H,18,19). The van der Waals surface area contributed by atoms with Crippen molar-refractivity contribution < 1.29 is 4.79 Å². The van der Waals surface area contributed by atoms with Crippen LogP contribution in [0.4, 0.5) is 11.4 Å². The van der Waals surface area contributed by atoms with Gasteiger partial charge in [0.05, 0.1) is 0 Å². The Kier molecular flexibility index (Phi) is 2.23. The monoisotopic (exact) mass is 256 g/mol. The zero-order valence-electron chi connectivity index (χ0n) is 11.2. The van der Waals surface area contributed by atoms with Gasteiger partial charge in [0.25, 0.3) is 0 Å². The molecule has 3 fully saturated rings. The molecule has 3 aliphatic carbocycles. The first kappa shape index (κ1) is 11.3. The lowest BCUT2D eigenvalue weighted by molar-refractivity contribution is -0.118. The summed E-state index contributed by atoms with van der Waals surface area (Å²) in [5, 5.41) is 3.07. The Labute approximate surface area is 113 Å². The van der Waals surface area contributed by atoms with Crippen LogP contribution >= 0.6 is 0 Å². The second-order valence-electron chi connectivity index (χ2n) is 6.57. The third-order valence-corrected chi connectivity index (χ3v) is 5.58. The molecule has 100 valence electrons. The molecule has 0 heterocycles. The van der Waals surface area contributed by atoms with Crippen molar-refractivity contribution in [2.75, 3.05) is 11.1 Å². The maximum absolute atomic E-state index is 12.4. The number of amides is 1. The third-order valence-electron chi connectivity index (χ3n) is 5.58. The van der Waals surface area contributed by atoms with Crippen molar-refractivity contribution >= 4 is 17.3 Å². The van der Waals surface area contributed by atoms with E-state index in [9.17, 15) is 4.79 Å². The molecule has 0 aromatic heterocycles. The molecule has 19 heavy (non-hydrogen) atoms. The van der Waals surface area contributed by atoms with Crippen molar-refractivity contribution in [2.45, 2.75) is 26.2 Å². The van der Waals surface area contributed by atoms with Crippen molar-refractivity contribution in [1.29, 1.82) is 0 Å². The molecule has 0 saturated heterocycles. The van der Waals surface area contributed by atoms with Crippen LogP contribution in [0.5, 0.6) is 0 Å². The molecule has 1 aromatic carbocycles. The van der Waals surface area contributed by atoms with Crippen molar-refractivity contribution in [2.24, 2.45) is 29.6 Å². The number of nitrogen functional groups attached to an aromatic ring is 1. The molecule has 3 saturated carbocycles. The number of rotatable bonds is 2. The zero-order chi connectivity index (χ0) is 13.1. The van der Waals surface area contributed by atoms with E-state index in [1.54, 1.807) is 0 Å². The Morgan fingerprint density at radius 3 is 2.58 bits per heavy atom. The number of carbonyl (C=O) groups excluding carboxylic acids is 1. The Hall–Kier alpha value is -1.51. The lowest BCUT2D eigenvalue weighted by Crippen LogP contribution is -2.18. The minimum Gasteiger partial charge on any atom is -0.399 e. The van der Waals surface area contributed by atoms with E-state index in [1.165, 1.54) is 19.3 Å². The number of benzene rings is 1. The predicted octanol–water partition coefficient (Wildman–Crippen LogP) is 2.81. The summed E-state index contributed by atoms with van der Waals surface area (Å²) in [4.78, 5) is 12.4. The summed E-state index contributed by atoms with van der Waals surface area (Å²) in [5.74, 6) is 3.62. The van der Waals surface area contributed by atoms with Crippen LogP contribution in [0.2, 0.25) is 0 Å². The summed E-state index contributed by atoms with van der Waals surface area (Å²) in [5.41, 5.74) is 8.48. The SMILES string of the molecule is Cc1cc(NC(=O)C2C3C4CCC(C4)C23)ccc1N. The first-order valence-electron chi connectivity index (χ1n) is 7.32. The smallest absolute Gasteiger partial charge is 0.228 e. The number of carbonyl (C=O) groups is 1. The molecular formula is C16H20N2O. The zero-order valence-corrected chi connectivity index (χ0v) is 11.2. The van der Waals surface area contributed by atoms with E-state index in [0.717, 1.165) is 28.8 Å². The summed E-state index contributed by atoms with van der Waals surface area (Å²) in [6.45, 7) is 1.97. The van der Waals surface area contributed by atoms with Gasteiger partial charge in [-0.25, -0.2) is 0 Å². The van der Waals surface area contributed by atoms with Gasteiger partial charge in [-0.05, 0) is 73.6 Å². The fraction of sp³-hybridized carbons (Fsp3) is 0.562. The van der Waals surface area contributed by atoms with E-state index >= 15 is 0 Å². The van der Waals surface area contributed by atoms with Gasteiger partial charge in [0.1, 0.15) is 0 Å². The van der Waals surface area contributed by atoms with Crippen LogP contribution in [-0.2, 0) is 4.79 Å². The van der Waals surface area contributed by atoms with Gasteiger partial charge in [0.15, 0.2) is 0 Å². The van der Waals surface area contributed by atoms with Crippen LogP contribution in [0.3, 0.4) is 0 Å². The van der Waals surface area contributed by atoms with Gasteiger partial charge in [-0.1, -0.05) is 0 Å². The molecule has 4 atom stereocenters. The number of nitrogens with one attached hydrogen (secondary N) is 1. The van der Waals surface area contributed by atoms with E-state index in [4.69, 9.17) is 5.73 Å². The molecule has 1 aromatic rings. The van der Waals surface area contributed by atoms with E-state index in [-0.39, 0.29) is 5.91 Å². The molecule has 3 N–H and O–H groups in total. The maximum atomic E-state index is 12.4. The second-order valence-corrected chi connectivity index (χ2v) is 6.57. The molecule has 3 nitrogen and oxygen atoms in total. The molecule has 0 radical (unpaired) electrons. The number of aryl methyl sites for hydroxylation is 1. The molecule has 3 aliphatic rings. The van der Waals surface area contributed by atoms with Crippen molar-refractivity contribution in [1.82, 2.24) is 0 Å². The normalized spacial score (nSPS) is 38.1. The average Bonchev–Trinajstić information content (AvgIpc) is 2.83. The molecule has 1 amide bonds. The molecule has 4 rings (SSSR count). The van der Waals surface area contributed by atoms with Crippen LogP contribution in [0.25, 0.3) is 0 Å². The summed E-state index contributed by atoms with van der Waals surface area (Å²) >= 11 is 0. The highest BCUT2D eigenvalue weighted by atomic mass is 16.2. The number of fused-ring (bicyclic) bond motifs is 5. The molecule has 4 unspecified atom stereocenters. The van der Waals surface area contributed by atoms with Crippen LogP contribution < -0.4 is 11.1 Å². The lowest BCUT2D eigenvalue weighted by atomic mass is 10.0. The second kappa shape index (κ2) is 3.75. The fourth-order valence-corrected chi connectivity index (χ4v) is 4.65. The van der Waals surface area contributed by atoms with Gasteiger partial charge in [0, 0.05) is 17.3 Å². The number of anilines is 2. The highest BCUT2D eigenvalue weighted by Crippen LogP contribution is 2.69. The fourth-order valence-electron chi connectivity index (χ4n) is 4.65. The van der Waals surface area contributed by atoms with Gasteiger partial charge in [-0.15, -0.1) is 0 Å². The number of hydrogen-bond donors (Lipinski definition) is 2. The van der Waals surface area contributed by atoms with Gasteiger partial charge < -0.3 is 11.1 Å². The quantitative estimate of drug-likeness (QED) is 0.799. The van der Waals surface area contributed by atoms with E-state index in [2.05, 4.69) is 5.32 Å². The van der Waals surface area contributed by atoms with Crippen LogP contribution in [0.15, 0.2) is 18.2 Å². The van der Waals surface area contributed by atoms with Crippen molar-refractivity contribution in [3.63, 3.8) is 0 Å². The summed E-state index contributed by atoms with van der Waals surface area (Å²) in [6.07, 6.45) is 4.10. The van der Waals surface area contributed by atoms with E-state index in [1.807, 2.05) is 25.1 Å². The number of hydrogen-bond acceptors (Lipinski definition) is 2. The summed E-state index contributed by atoms with van der Waals surface area (Å²) < 4.78 is 0. The highest BCUT2D eigenvalue weighted by molar-refractivity contribution is 5.95. The minimum atomic E-state index is 0.232. The van der Waals surface area contributed by atoms with Crippen LogP contribution in [-0.4, -0.2) is 5.91 Å². The summed E-state index contributed by atoms with van der Waals surface area (Å²) in [6, 6.07) is 5.72. The topological polar surface area (TPSA) is 55.1 Å². The summed E-state index contributed by atoms with van der Waals surface area (Å²) in [7, 11) is 0. The largest absolute Gasteiger partial charge is 0.399 e. The van der Waals surface area contributed by atoms with Crippen LogP contribution in [0.1, 0.15) is 24.8 Å². The molecule has 3 heteroatoms. The average molecular weight is 256 g/mol. The molecule has 0 aliphatic heterocycles. The molecular weight excluding hydrogens is 236 g/mol. The third kappa shape index (κ3) is 1.60. The Bertz CT molecular complexity index is 538. The maximum Gasteiger partial charge on any atom is 0.228 e. The first-order valence-corrected chi connectivity index (χ1v) is 7.32. The van der Waals surface area contributed by atoms with Crippen molar-refractivity contribution in [3.8, 4) is 0 Å². The van der Waals surface area contributed by atoms with Crippen LogP contribution in [0, 0.1) is 36.5 Å². The first-order chi connectivity index (χ1) is 9.15. The molecule has 0 spiro atoms. The van der Waals surface area contributed by atoms with E-state index in [0.29, 0.717) is 17.8 Å². The Balaban J connectivity index is 1.47. The molecule has 2 bridgehead atoms. The minimum absolute atomic E-state index is 0.232. The predicted molar refractivity (Wildman–Crippen MR) is 75.5 cm³/mol. The van der Waals surface area contributed by atoms with Gasteiger partial charge >= 0.3 is 0 Å². The van der Waals surface area contributed by atoms with Crippen molar-refractivity contribution in [3.05, 3.63) is 23.8 Å². The Morgan fingerprint density at radius 1 is 1.26 bits per heavy atom. The van der Waals surface area contributed by atoms with Gasteiger partial charge in [-0.3, -0.25) is 4.79 Å².